The van der Waals surface area contributed by atoms with Crippen LogP contribution in [0.25, 0.3) is 0 Å². The van der Waals surface area contributed by atoms with Crippen LogP contribution in [0.2, 0.25) is 5.02 Å². The van der Waals surface area contributed by atoms with E-state index in [-0.39, 0.29) is 6.04 Å². The molecule has 0 spiro atoms. The lowest BCUT2D eigenvalue weighted by Gasteiger charge is -2.16. The quantitative estimate of drug-likeness (QED) is 0.631. The van der Waals surface area contributed by atoms with Gasteiger partial charge >= 0.3 is 0 Å². The summed E-state index contributed by atoms with van der Waals surface area (Å²) in [7, 11) is 1.68. The first-order valence-corrected chi connectivity index (χ1v) is 8.07. The molecule has 1 rings (SSSR count). The molecule has 1 unspecified atom stereocenters. The maximum atomic E-state index is 6.23. The fraction of sp³-hybridized carbons (Fsp3) is 0.600. The van der Waals surface area contributed by atoms with E-state index in [1.165, 1.54) is 0 Å². The van der Waals surface area contributed by atoms with E-state index in [9.17, 15) is 0 Å². The maximum Gasteiger partial charge on any atom is 0.0700 e. The first kappa shape index (κ1) is 17.9. The van der Waals surface area contributed by atoms with Gasteiger partial charge in [0.05, 0.1) is 13.2 Å². The molecule has 0 amide bonds. The van der Waals surface area contributed by atoms with Gasteiger partial charge in [0.25, 0.3) is 0 Å². The molecule has 0 aliphatic carbocycles. The molecule has 0 saturated heterocycles. The molecule has 0 radical (unpaired) electrons. The van der Waals surface area contributed by atoms with Crippen LogP contribution in [0.5, 0.6) is 0 Å². The largest absolute Gasteiger partial charge is 0.382 e. The zero-order valence-electron chi connectivity index (χ0n) is 12.1. The van der Waals surface area contributed by atoms with Crippen molar-refractivity contribution in [1.29, 1.82) is 0 Å². The van der Waals surface area contributed by atoms with Gasteiger partial charge in [-0.1, -0.05) is 33.6 Å². The van der Waals surface area contributed by atoms with Crippen molar-refractivity contribution in [3.8, 4) is 0 Å². The highest BCUT2D eigenvalue weighted by Crippen LogP contribution is 2.26. The predicted molar refractivity (Wildman–Crippen MR) is 87.5 cm³/mol. The van der Waals surface area contributed by atoms with Crippen molar-refractivity contribution in [3.05, 3.63) is 33.3 Å². The Bertz CT molecular complexity index is 390. The summed E-state index contributed by atoms with van der Waals surface area (Å²) in [4.78, 5) is 0. The van der Waals surface area contributed by atoms with E-state index in [2.05, 4.69) is 34.2 Å². The number of halogens is 2. The molecule has 1 aromatic carbocycles. The zero-order valence-corrected chi connectivity index (χ0v) is 14.5. The average Bonchev–Trinajstić information content (AvgIpc) is 2.41. The van der Waals surface area contributed by atoms with E-state index >= 15 is 0 Å². The standard InChI is InChI=1S/C15H23BrClNO2/c1-12(14-6-5-13(16)11-15(14)17)18-7-3-4-8-20-10-9-19-2/h5-6,11-12,18H,3-4,7-10H2,1-2H3. The Morgan fingerprint density at radius 1 is 1.25 bits per heavy atom. The fourth-order valence-corrected chi connectivity index (χ4v) is 2.69. The van der Waals surface area contributed by atoms with Crippen LogP contribution >= 0.6 is 27.5 Å². The predicted octanol–water partition coefficient (Wildman–Crippen LogP) is 4.20. The number of ether oxygens (including phenoxy) is 2. The van der Waals surface area contributed by atoms with Crippen molar-refractivity contribution in [1.82, 2.24) is 5.32 Å². The summed E-state index contributed by atoms with van der Waals surface area (Å²) in [5, 5.41) is 4.28. The molecule has 0 aliphatic rings. The maximum absolute atomic E-state index is 6.23. The first-order chi connectivity index (χ1) is 9.65. The Kier molecular flexibility index (Phi) is 9.48. The smallest absolute Gasteiger partial charge is 0.0700 e. The molecular formula is C15H23BrClNO2. The van der Waals surface area contributed by atoms with Gasteiger partial charge in [0, 0.05) is 29.3 Å². The van der Waals surface area contributed by atoms with Crippen LogP contribution in [-0.2, 0) is 9.47 Å². The summed E-state index contributed by atoms with van der Waals surface area (Å²) in [6, 6.07) is 6.25. The number of rotatable bonds is 10. The Balaban J connectivity index is 2.15. The highest BCUT2D eigenvalue weighted by Gasteiger charge is 2.08. The monoisotopic (exact) mass is 363 g/mol. The third-order valence-electron chi connectivity index (χ3n) is 3.03. The molecule has 0 bridgehead atoms. The highest BCUT2D eigenvalue weighted by atomic mass is 79.9. The molecule has 1 N–H and O–H groups in total. The molecule has 20 heavy (non-hydrogen) atoms. The van der Waals surface area contributed by atoms with Gasteiger partial charge in [0.2, 0.25) is 0 Å². The molecule has 5 heteroatoms. The lowest BCUT2D eigenvalue weighted by molar-refractivity contribution is 0.0687. The average molecular weight is 365 g/mol. The molecule has 0 saturated carbocycles. The lowest BCUT2D eigenvalue weighted by atomic mass is 10.1. The van der Waals surface area contributed by atoms with E-state index in [0.29, 0.717) is 13.2 Å². The van der Waals surface area contributed by atoms with Crippen LogP contribution in [-0.4, -0.2) is 33.5 Å². The number of hydrogen-bond acceptors (Lipinski definition) is 3. The summed E-state index contributed by atoms with van der Waals surface area (Å²) in [6.45, 7) is 5.22. The lowest BCUT2D eigenvalue weighted by Crippen LogP contribution is -2.20. The van der Waals surface area contributed by atoms with Crippen molar-refractivity contribution < 1.29 is 9.47 Å². The van der Waals surface area contributed by atoms with Gasteiger partial charge in [0.1, 0.15) is 0 Å². The SMILES string of the molecule is COCCOCCCCNC(C)c1ccc(Br)cc1Cl. The van der Waals surface area contributed by atoms with E-state index in [4.69, 9.17) is 21.1 Å². The van der Waals surface area contributed by atoms with Gasteiger partial charge < -0.3 is 14.8 Å². The molecule has 3 nitrogen and oxygen atoms in total. The zero-order chi connectivity index (χ0) is 14.8. The van der Waals surface area contributed by atoms with Gasteiger partial charge in [-0.25, -0.2) is 0 Å². The number of benzene rings is 1. The molecule has 0 fully saturated rings. The van der Waals surface area contributed by atoms with Gasteiger partial charge in [-0.3, -0.25) is 0 Å². The second-order valence-corrected chi connectivity index (χ2v) is 5.98. The summed E-state index contributed by atoms with van der Waals surface area (Å²) in [5.74, 6) is 0. The minimum absolute atomic E-state index is 0.255. The number of methoxy groups -OCH3 is 1. The molecule has 0 aliphatic heterocycles. The van der Waals surface area contributed by atoms with Crippen molar-refractivity contribution in [2.24, 2.45) is 0 Å². The second-order valence-electron chi connectivity index (χ2n) is 4.65. The minimum atomic E-state index is 0.255. The van der Waals surface area contributed by atoms with Gasteiger partial charge in [-0.2, -0.15) is 0 Å². The molecule has 0 heterocycles. The molecule has 0 aromatic heterocycles. The minimum Gasteiger partial charge on any atom is -0.382 e. The van der Waals surface area contributed by atoms with Crippen LogP contribution in [0, 0.1) is 0 Å². The Morgan fingerprint density at radius 2 is 2.05 bits per heavy atom. The summed E-state index contributed by atoms with van der Waals surface area (Å²) in [5.41, 5.74) is 1.13. The Hall–Kier alpha value is -0.130. The van der Waals surface area contributed by atoms with Crippen molar-refractivity contribution >= 4 is 27.5 Å². The first-order valence-electron chi connectivity index (χ1n) is 6.90. The van der Waals surface area contributed by atoms with Crippen molar-refractivity contribution in [2.75, 3.05) is 33.5 Å². The topological polar surface area (TPSA) is 30.5 Å². The van der Waals surface area contributed by atoms with Crippen LogP contribution in [0.4, 0.5) is 0 Å². The van der Waals surface area contributed by atoms with E-state index < -0.39 is 0 Å². The summed E-state index contributed by atoms with van der Waals surface area (Å²) < 4.78 is 11.3. The third kappa shape index (κ3) is 7.04. The second kappa shape index (κ2) is 10.6. The third-order valence-corrected chi connectivity index (χ3v) is 3.85. The van der Waals surface area contributed by atoms with E-state index in [1.54, 1.807) is 7.11 Å². The van der Waals surface area contributed by atoms with Gasteiger partial charge in [0.15, 0.2) is 0 Å². The van der Waals surface area contributed by atoms with E-state index in [1.807, 2.05) is 12.1 Å². The van der Waals surface area contributed by atoms with Crippen molar-refractivity contribution in [2.45, 2.75) is 25.8 Å². The van der Waals surface area contributed by atoms with Gasteiger partial charge in [-0.15, -0.1) is 0 Å². The van der Waals surface area contributed by atoms with Crippen LogP contribution in [0.15, 0.2) is 22.7 Å². The molecule has 114 valence electrons. The highest BCUT2D eigenvalue weighted by molar-refractivity contribution is 9.10. The molecule has 1 atom stereocenters. The Labute approximate surface area is 135 Å². The van der Waals surface area contributed by atoms with Crippen LogP contribution in [0.1, 0.15) is 31.4 Å². The van der Waals surface area contributed by atoms with Crippen LogP contribution < -0.4 is 5.32 Å². The summed E-state index contributed by atoms with van der Waals surface area (Å²) in [6.07, 6.45) is 2.14. The number of unbranched alkanes of at least 4 members (excludes halogenated alkanes) is 1. The van der Waals surface area contributed by atoms with E-state index in [0.717, 1.165) is 41.1 Å². The summed E-state index contributed by atoms with van der Waals surface area (Å²) >= 11 is 9.65. The number of hydrogen-bond donors (Lipinski definition) is 1. The number of nitrogens with one attached hydrogen (secondary N) is 1. The van der Waals surface area contributed by atoms with Crippen LogP contribution in [0.3, 0.4) is 0 Å². The Morgan fingerprint density at radius 3 is 2.75 bits per heavy atom. The fourth-order valence-electron chi connectivity index (χ4n) is 1.85. The van der Waals surface area contributed by atoms with Crippen molar-refractivity contribution in [3.63, 3.8) is 0 Å². The normalized spacial score (nSPS) is 12.6. The van der Waals surface area contributed by atoms with Gasteiger partial charge in [-0.05, 0) is 44.0 Å². The molecule has 1 aromatic rings. The molecular weight excluding hydrogens is 342 g/mol.